The van der Waals surface area contributed by atoms with Crippen LogP contribution < -0.4 is 0 Å². The molecule has 184 valence electrons. The summed E-state index contributed by atoms with van der Waals surface area (Å²) in [6.45, 7) is 5.37. The Hall–Kier alpha value is -0.900. The van der Waals surface area contributed by atoms with Crippen LogP contribution in [0.4, 0.5) is 0 Å². The number of hydrogen-bond acceptors (Lipinski definition) is 3. The first-order chi connectivity index (χ1) is 15.7. The van der Waals surface area contributed by atoms with Crippen molar-refractivity contribution >= 4 is 11.7 Å². The molecule has 7 atom stereocenters. The van der Waals surface area contributed by atoms with Crippen LogP contribution in [0, 0.1) is 40.4 Å². The molecule has 0 radical (unpaired) electrons. The summed E-state index contributed by atoms with van der Waals surface area (Å²) in [6.07, 6.45) is 16.2. The zero-order valence-electron chi connectivity index (χ0n) is 21.0. The van der Waals surface area contributed by atoms with Gasteiger partial charge in [-0.05, 0) is 106 Å². The molecule has 4 nitrogen and oxygen atoms in total. The smallest absolute Gasteiger partial charge is 0.226 e. The van der Waals surface area contributed by atoms with E-state index in [1.165, 1.54) is 32.1 Å². The second-order valence-corrected chi connectivity index (χ2v) is 13.7. The highest BCUT2D eigenvalue weighted by Crippen LogP contribution is 2.66. The summed E-state index contributed by atoms with van der Waals surface area (Å²) in [5.74, 6) is 3.67. The van der Waals surface area contributed by atoms with E-state index in [1.54, 1.807) is 0 Å². The van der Waals surface area contributed by atoms with Gasteiger partial charge >= 0.3 is 0 Å². The van der Waals surface area contributed by atoms with Crippen molar-refractivity contribution in [2.75, 3.05) is 6.54 Å². The summed E-state index contributed by atoms with van der Waals surface area (Å²) in [4.78, 5) is 28.0. The minimum Gasteiger partial charge on any atom is -0.388 e. The van der Waals surface area contributed by atoms with Gasteiger partial charge in [-0.3, -0.25) is 9.59 Å². The number of rotatable bonds is 4. The second kappa shape index (κ2) is 7.80. The van der Waals surface area contributed by atoms with Crippen molar-refractivity contribution in [3.8, 4) is 0 Å². The fourth-order valence-electron chi connectivity index (χ4n) is 9.72. The van der Waals surface area contributed by atoms with E-state index in [-0.39, 0.29) is 11.3 Å². The van der Waals surface area contributed by atoms with Gasteiger partial charge in [0.2, 0.25) is 5.91 Å². The molecule has 0 heterocycles. The van der Waals surface area contributed by atoms with Crippen molar-refractivity contribution in [1.82, 2.24) is 4.90 Å². The second-order valence-electron chi connectivity index (χ2n) is 13.7. The molecule has 0 aliphatic heterocycles. The normalized spacial score (nSPS) is 47.7. The quantitative estimate of drug-likeness (QED) is 0.608. The van der Waals surface area contributed by atoms with Gasteiger partial charge in [-0.2, -0.15) is 0 Å². The molecule has 0 aromatic rings. The molecule has 6 saturated carbocycles. The maximum Gasteiger partial charge on any atom is 0.226 e. The zero-order chi connectivity index (χ0) is 23.0. The first kappa shape index (κ1) is 22.6. The molecule has 6 rings (SSSR count). The molecule has 0 aromatic heterocycles. The van der Waals surface area contributed by atoms with E-state index in [9.17, 15) is 14.7 Å². The Morgan fingerprint density at radius 1 is 0.939 bits per heavy atom. The molecule has 6 aliphatic rings. The molecule has 6 fully saturated rings. The summed E-state index contributed by atoms with van der Waals surface area (Å²) in [5, 5.41) is 11.9. The number of Topliss-reactive ketones (excluding diaryl/α,β-unsaturated/α-hetero) is 1. The molecule has 0 spiro atoms. The van der Waals surface area contributed by atoms with Crippen LogP contribution in [-0.2, 0) is 9.59 Å². The molecular weight excluding hydrogens is 410 g/mol. The molecule has 4 heteroatoms. The van der Waals surface area contributed by atoms with E-state index in [0.29, 0.717) is 53.4 Å². The van der Waals surface area contributed by atoms with Gasteiger partial charge in [-0.25, -0.2) is 0 Å². The van der Waals surface area contributed by atoms with E-state index >= 15 is 0 Å². The van der Waals surface area contributed by atoms with Gasteiger partial charge < -0.3 is 10.0 Å². The Morgan fingerprint density at radius 2 is 1.70 bits per heavy atom. The summed E-state index contributed by atoms with van der Waals surface area (Å²) in [6, 6.07) is 0.363. The van der Waals surface area contributed by atoms with Crippen molar-refractivity contribution in [3.05, 3.63) is 0 Å². The largest absolute Gasteiger partial charge is 0.388 e. The molecule has 33 heavy (non-hydrogen) atoms. The van der Waals surface area contributed by atoms with Crippen molar-refractivity contribution in [3.63, 3.8) is 0 Å². The summed E-state index contributed by atoms with van der Waals surface area (Å²) in [7, 11) is 0. The number of fused-ring (bicyclic) bond motifs is 5. The van der Waals surface area contributed by atoms with Crippen LogP contribution in [0.1, 0.15) is 110 Å². The summed E-state index contributed by atoms with van der Waals surface area (Å²) >= 11 is 0. The van der Waals surface area contributed by atoms with Crippen LogP contribution in [0.3, 0.4) is 0 Å². The van der Waals surface area contributed by atoms with E-state index in [1.807, 2.05) is 0 Å². The summed E-state index contributed by atoms with van der Waals surface area (Å²) in [5.41, 5.74) is -0.470. The van der Waals surface area contributed by atoms with E-state index in [0.717, 1.165) is 64.2 Å². The van der Waals surface area contributed by atoms with Gasteiger partial charge in [0.25, 0.3) is 0 Å². The monoisotopic (exact) mass is 455 g/mol. The first-order valence-electron chi connectivity index (χ1n) is 14.3. The van der Waals surface area contributed by atoms with E-state index < -0.39 is 5.60 Å². The van der Waals surface area contributed by atoms with Crippen LogP contribution in [0.25, 0.3) is 0 Å². The number of aliphatic hydroxyl groups is 1. The number of hydrogen-bond donors (Lipinski definition) is 1. The molecule has 6 aliphatic carbocycles. The number of amides is 1. The maximum absolute atomic E-state index is 13.2. The minimum atomic E-state index is -0.712. The molecule has 1 N–H and O–H groups in total. The van der Waals surface area contributed by atoms with Crippen LogP contribution in [-0.4, -0.2) is 39.9 Å². The topological polar surface area (TPSA) is 57.6 Å². The zero-order valence-corrected chi connectivity index (χ0v) is 21.0. The van der Waals surface area contributed by atoms with Crippen molar-refractivity contribution in [2.24, 2.45) is 40.4 Å². The molecule has 1 amide bonds. The fourth-order valence-corrected chi connectivity index (χ4v) is 9.72. The lowest BCUT2D eigenvalue weighted by Crippen LogP contribution is -2.59. The average Bonchev–Trinajstić information content (AvgIpc) is 3.41. The van der Waals surface area contributed by atoms with Crippen LogP contribution in [0.5, 0.6) is 0 Å². The highest BCUT2D eigenvalue weighted by molar-refractivity contribution is 5.87. The van der Waals surface area contributed by atoms with Crippen molar-refractivity contribution in [2.45, 2.75) is 122 Å². The number of ketones is 1. The lowest BCUT2D eigenvalue weighted by atomic mass is 9.44. The SMILES string of the molecule is C[C@]12CC[C@](O)(CN(C(=O)C3CC3)C3CCCC3)C[C@@H]1CC[C@@H]1[C@@H]2CC[C@]2(C)C(=O)CC[C@@H]12. The third-order valence-corrected chi connectivity index (χ3v) is 12.0. The Labute approximate surface area is 200 Å². The predicted octanol–water partition coefficient (Wildman–Crippen LogP) is 5.51. The fraction of sp³-hybridized carbons (Fsp3) is 0.931. The minimum absolute atomic E-state index is 0.0509. The maximum atomic E-state index is 13.2. The average molecular weight is 456 g/mol. The standard InChI is InChI=1S/C29H45NO3/c1-27-15-16-29(33,18-30(21-5-3-4-6-21)26(32)19-7-8-19)17-20(27)9-10-22-23-11-12-25(31)28(23,2)14-13-24(22)27/h19-24,33H,3-18H2,1-2H3/t20-,22-,23-,24-,27-,28-,29+/m0/s1. The molecule has 0 bridgehead atoms. The lowest BCUT2D eigenvalue weighted by molar-refractivity contribution is -0.163. The number of carbonyl (C=O) groups is 2. The third-order valence-electron chi connectivity index (χ3n) is 12.0. The Balaban J connectivity index is 1.19. The molecule has 0 saturated heterocycles. The van der Waals surface area contributed by atoms with Crippen molar-refractivity contribution in [1.29, 1.82) is 0 Å². The van der Waals surface area contributed by atoms with Gasteiger partial charge in [0.1, 0.15) is 5.78 Å². The predicted molar refractivity (Wildman–Crippen MR) is 128 cm³/mol. The van der Waals surface area contributed by atoms with Crippen LogP contribution in [0.2, 0.25) is 0 Å². The van der Waals surface area contributed by atoms with Crippen molar-refractivity contribution < 1.29 is 14.7 Å². The highest BCUT2D eigenvalue weighted by atomic mass is 16.3. The Morgan fingerprint density at radius 3 is 2.42 bits per heavy atom. The number of nitrogens with zero attached hydrogens (tertiary/aromatic N) is 1. The van der Waals surface area contributed by atoms with Crippen LogP contribution in [0.15, 0.2) is 0 Å². The Kier molecular flexibility index (Phi) is 5.33. The van der Waals surface area contributed by atoms with Crippen LogP contribution >= 0.6 is 0 Å². The van der Waals surface area contributed by atoms with Gasteiger partial charge in [-0.1, -0.05) is 26.7 Å². The van der Waals surface area contributed by atoms with Gasteiger partial charge in [0, 0.05) is 30.3 Å². The Bertz CT molecular complexity index is 816. The van der Waals surface area contributed by atoms with Gasteiger partial charge in [-0.15, -0.1) is 0 Å². The lowest BCUT2D eigenvalue weighted by Gasteiger charge is -2.61. The molecule has 0 unspecified atom stereocenters. The van der Waals surface area contributed by atoms with Gasteiger partial charge in [0.15, 0.2) is 0 Å². The highest BCUT2D eigenvalue weighted by Gasteiger charge is 2.61. The first-order valence-corrected chi connectivity index (χ1v) is 14.3. The van der Waals surface area contributed by atoms with Gasteiger partial charge in [0.05, 0.1) is 5.60 Å². The van der Waals surface area contributed by atoms with E-state index in [4.69, 9.17) is 0 Å². The molecule has 0 aromatic carbocycles. The van der Waals surface area contributed by atoms with E-state index in [2.05, 4.69) is 18.7 Å². The molecular formula is C29H45NO3. The number of carbonyl (C=O) groups excluding carboxylic acids is 2. The third kappa shape index (κ3) is 3.55. The summed E-state index contributed by atoms with van der Waals surface area (Å²) < 4.78 is 0.